The summed E-state index contributed by atoms with van der Waals surface area (Å²) in [5, 5.41) is 2.66. The number of hydrogen-bond acceptors (Lipinski definition) is 2. The first-order valence-corrected chi connectivity index (χ1v) is 10.4. The van der Waals surface area contributed by atoms with Crippen molar-refractivity contribution in [2.24, 2.45) is 0 Å². The van der Waals surface area contributed by atoms with Gasteiger partial charge in [-0.1, -0.05) is 0 Å². The molecule has 0 amide bonds. The molecule has 104 valence electrons. The molecule has 0 aliphatic carbocycles. The zero-order chi connectivity index (χ0) is 14.5. The molecule has 0 bridgehead atoms. The van der Waals surface area contributed by atoms with E-state index >= 15 is 0 Å². The number of hydrogen-bond donors (Lipinski definition) is 0. The van der Waals surface area contributed by atoms with Crippen LogP contribution in [0.2, 0.25) is 0 Å². The van der Waals surface area contributed by atoms with Crippen LogP contribution in [-0.4, -0.2) is 39.9 Å². The summed E-state index contributed by atoms with van der Waals surface area (Å²) >= 11 is 0.689. The first kappa shape index (κ1) is 12.8. The van der Waals surface area contributed by atoms with Crippen LogP contribution in [-0.2, 0) is 0 Å². The Balaban J connectivity index is 1.78. The Kier molecular flexibility index (Phi) is 2.85. The van der Waals surface area contributed by atoms with Crippen LogP contribution in [0, 0.1) is 0 Å². The molecule has 0 saturated carbocycles. The molecule has 0 atom stereocenters. The molecule has 2 nitrogen and oxygen atoms in total. The van der Waals surface area contributed by atoms with Crippen LogP contribution in [0.3, 0.4) is 0 Å². The van der Waals surface area contributed by atoms with Crippen molar-refractivity contribution in [1.82, 2.24) is 9.97 Å². The summed E-state index contributed by atoms with van der Waals surface area (Å²) < 4.78 is 6.07. The maximum absolute atomic E-state index is 4.50. The summed E-state index contributed by atoms with van der Waals surface area (Å²) in [6.07, 6.45) is 3.76. The molecule has 4 aromatic rings. The van der Waals surface area contributed by atoms with Crippen molar-refractivity contribution in [3.63, 3.8) is 0 Å². The van der Waals surface area contributed by atoms with Crippen LogP contribution < -0.4 is 17.8 Å². The average Bonchev–Trinajstić information content (AvgIpc) is 2.60. The molecule has 22 heavy (non-hydrogen) atoms. The third kappa shape index (κ3) is 1.86. The first-order valence-electron chi connectivity index (χ1n) is 7.01. The van der Waals surface area contributed by atoms with Crippen LogP contribution in [0.5, 0.6) is 0 Å². The zero-order valence-electron chi connectivity index (χ0n) is 11.5. The molecule has 5 rings (SSSR count). The van der Waals surface area contributed by atoms with E-state index in [2.05, 4.69) is 46.4 Å². The van der Waals surface area contributed by atoms with Crippen LogP contribution >= 0.6 is 0 Å². The fourth-order valence-electron chi connectivity index (χ4n) is 2.80. The molecule has 1 aliphatic rings. The number of aromatic nitrogens is 2. The summed E-state index contributed by atoms with van der Waals surface area (Å²) in [6, 6.07) is 17.4. The van der Waals surface area contributed by atoms with E-state index in [0.717, 1.165) is 11.0 Å². The van der Waals surface area contributed by atoms with Crippen LogP contribution in [0.4, 0.5) is 0 Å². The number of rotatable bonds is 0. The van der Waals surface area contributed by atoms with Gasteiger partial charge in [0, 0.05) is 0 Å². The summed E-state index contributed by atoms with van der Waals surface area (Å²) in [6.45, 7) is 0. The molecular formula is C18H10N2Se2. The van der Waals surface area contributed by atoms with E-state index < -0.39 is 0 Å². The second kappa shape index (κ2) is 4.90. The van der Waals surface area contributed by atoms with Crippen molar-refractivity contribution < 1.29 is 0 Å². The molecule has 1 aliphatic heterocycles. The molecule has 0 unspecified atom stereocenters. The van der Waals surface area contributed by atoms with Crippen LogP contribution in [0.15, 0.2) is 60.9 Å². The maximum atomic E-state index is 4.50. The number of benzene rings is 2. The topological polar surface area (TPSA) is 25.8 Å². The number of fused-ring (bicyclic) bond motifs is 6. The molecule has 0 spiro atoms. The van der Waals surface area contributed by atoms with Crippen molar-refractivity contribution in [2.75, 3.05) is 0 Å². The van der Waals surface area contributed by atoms with Crippen molar-refractivity contribution in [2.45, 2.75) is 0 Å². The second-order valence-electron chi connectivity index (χ2n) is 5.13. The van der Waals surface area contributed by atoms with Gasteiger partial charge in [-0.3, -0.25) is 0 Å². The normalized spacial score (nSPS) is 13.1. The van der Waals surface area contributed by atoms with Crippen LogP contribution in [0.25, 0.3) is 21.8 Å². The van der Waals surface area contributed by atoms with Gasteiger partial charge in [0.1, 0.15) is 0 Å². The number of nitrogens with zero attached hydrogens (tertiary/aromatic N) is 2. The standard InChI is InChI=1S/C18H10N2Se2/c1-3-11-13(19-9-1)5-7-15-17(11)21-16-8-6-14-12(18(16)22-15)4-2-10-20-14/h1-10H. The molecule has 0 saturated heterocycles. The SMILES string of the molecule is c1cnc2ccc3c(c2c1)[Se]c1ccc2ncccc2c1[Se]3. The van der Waals surface area contributed by atoms with Crippen molar-refractivity contribution >= 4 is 69.6 Å². The van der Waals surface area contributed by atoms with Crippen molar-refractivity contribution in [1.29, 1.82) is 0 Å². The van der Waals surface area contributed by atoms with E-state index in [9.17, 15) is 0 Å². The Morgan fingerprint density at radius 2 is 1.09 bits per heavy atom. The third-order valence-electron chi connectivity index (χ3n) is 3.82. The Morgan fingerprint density at radius 1 is 0.591 bits per heavy atom. The fraction of sp³-hybridized carbons (Fsp3) is 0. The van der Waals surface area contributed by atoms with Crippen LogP contribution in [0.1, 0.15) is 0 Å². The quantitative estimate of drug-likeness (QED) is 0.345. The monoisotopic (exact) mass is 414 g/mol. The van der Waals surface area contributed by atoms with Gasteiger partial charge in [-0.15, -0.1) is 0 Å². The third-order valence-corrected chi connectivity index (χ3v) is 10.2. The van der Waals surface area contributed by atoms with E-state index in [1.54, 1.807) is 0 Å². The molecule has 0 radical (unpaired) electrons. The Bertz CT molecular complexity index is 958. The van der Waals surface area contributed by atoms with E-state index in [0.29, 0.717) is 29.9 Å². The molecule has 3 heterocycles. The predicted octanol–water partition coefficient (Wildman–Crippen LogP) is 0.406. The van der Waals surface area contributed by atoms with Gasteiger partial charge < -0.3 is 0 Å². The van der Waals surface area contributed by atoms with Gasteiger partial charge in [0.05, 0.1) is 0 Å². The first-order chi connectivity index (χ1) is 10.9. The Labute approximate surface area is 140 Å². The van der Waals surface area contributed by atoms with Crippen molar-refractivity contribution in [3.8, 4) is 0 Å². The fourth-order valence-corrected chi connectivity index (χ4v) is 8.86. The molecular weight excluding hydrogens is 402 g/mol. The van der Waals surface area contributed by atoms with E-state index in [4.69, 9.17) is 0 Å². The zero-order valence-corrected chi connectivity index (χ0v) is 14.9. The molecule has 0 N–H and O–H groups in total. The second-order valence-corrected chi connectivity index (χ2v) is 9.55. The Morgan fingerprint density at radius 3 is 1.59 bits per heavy atom. The van der Waals surface area contributed by atoms with Gasteiger partial charge in [0.2, 0.25) is 0 Å². The summed E-state index contributed by atoms with van der Waals surface area (Å²) in [5.41, 5.74) is 2.23. The molecule has 2 aromatic heterocycles. The van der Waals surface area contributed by atoms with Gasteiger partial charge in [0.15, 0.2) is 0 Å². The Hall–Kier alpha value is -1.70. The van der Waals surface area contributed by atoms with Gasteiger partial charge in [-0.05, 0) is 0 Å². The van der Waals surface area contributed by atoms with Gasteiger partial charge >= 0.3 is 140 Å². The van der Waals surface area contributed by atoms with Gasteiger partial charge in [-0.2, -0.15) is 0 Å². The predicted molar refractivity (Wildman–Crippen MR) is 93.5 cm³/mol. The molecule has 2 aromatic carbocycles. The minimum absolute atomic E-state index is 0.344. The molecule has 0 fully saturated rings. The van der Waals surface area contributed by atoms with Crippen molar-refractivity contribution in [3.05, 3.63) is 60.9 Å². The minimum atomic E-state index is 0.344. The molecule has 4 heteroatoms. The van der Waals surface area contributed by atoms with Gasteiger partial charge in [-0.25, -0.2) is 0 Å². The number of pyridine rings is 2. The van der Waals surface area contributed by atoms with E-state index in [-0.39, 0.29) is 0 Å². The summed E-state index contributed by atoms with van der Waals surface area (Å²) in [5.74, 6) is 0. The average molecular weight is 412 g/mol. The summed E-state index contributed by atoms with van der Waals surface area (Å²) in [4.78, 5) is 9.00. The summed E-state index contributed by atoms with van der Waals surface area (Å²) in [7, 11) is 0. The van der Waals surface area contributed by atoms with Gasteiger partial charge in [0.25, 0.3) is 0 Å². The van der Waals surface area contributed by atoms with E-state index in [1.165, 1.54) is 28.6 Å². The van der Waals surface area contributed by atoms with E-state index in [1.807, 2.05) is 24.5 Å².